The van der Waals surface area contributed by atoms with Crippen LogP contribution < -0.4 is 25.0 Å². The summed E-state index contributed by atoms with van der Waals surface area (Å²) < 4.78 is 18.6. The number of fused-ring (bicyclic) bond motifs is 2. The fraction of sp³-hybridized carbons (Fsp3) is 0.357. The molecule has 37 heavy (non-hydrogen) atoms. The smallest absolute Gasteiger partial charge is 0.254 e. The van der Waals surface area contributed by atoms with E-state index in [0.29, 0.717) is 17.2 Å². The Morgan fingerprint density at radius 1 is 1.19 bits per heavy atom. The Hall–Kier alpha value is -3.14. The molecule has 9 heteroatoms. The van der Waals surface area contributed by atoms with Crippen molar-refractivity contribution in [2.45, 2.75) is 38.1 Å². The van der Waals surface area contributed by atoms with Crippen molar-refractivity contribution >= 4 is 44.2 Å². The topological polar surface area (TPSA) is 89.1 Å². The maximum absolute atomic E-state index is 14.3. The van der Waals surface area contributed by atoms with Crippen LogP contribution in [-0.4, -0.2) is 57.4 Å². The SMILES string of the molecule is CN[C@@H](C)C(=O)NC1C(=O)N(Cc2c(OC)ccc3cc(Br)ccc23)c2ccccc2OC1(C)COC. The molecule has 0 bridgehead atoms. The Bertz CT molecular complexity index is 1320. The van der Waals surface area contributed by atoms with Crippen molar-refractivity contribution in [2.24, 2.45) is 0 Å². The zero-order valence-electron chi connectivity index (χ0n) is 21.6. The van der Waals surface area contributed by atoms with E-state index in [-0.39, 0.29) is 25.0 Å². The van der Waals surface area contributed by atoms with Crippen LogP contribution in [0.4, 0.5) is 5.69 Å². The number of methoxy groups -OCH3 is 2. The molecule has 3 aromatic carbocycles. The number of likely N-dealkylation sites (N-methyl/N-ethyl adjacent to an activating group) is 1. The van der Waals surface area contributed by atoms with Gasteiger partial charge in [-0.1, -0.05) is 40.2 Å². The lowest BCUT2D eigenvalue weighted by Crippen LogP contribution is -2.64. The number of para-hydroxylation sites is 2. The first-order chi connectivity index (χ1) is 17.7. The average Bonchev–Trinajstić information content (AvgIpc) is 2.97. The normalized spacial score (nSPS) is 20.1. The fourth-order valence-electron chi connectivity index (χ4n) is 4.65. The van der Waals surface area contributed by atoms with Crippen LogP contribution in [0.1, 0.15) is 19.4 Å². The molecular formula is C28H32BrN3O5. The highest BCUT2D eigenvalue weighted by Crippen LogP contribution is 2.40. The minimum Gasteiger partial charge on any atom is -0.496 e. The van der Waals surface area contributed by atoms with E-state index in [4.69, 9.17) is 14.2 Å². The lowest BCUT2D eigenvalue weighted by atomic mass is 9.94. The van der Waals surface area contributed by atoms with E-state index in [1.807, 2.05) is 54.6 Å². The van der Waals surface area contributed by atoms with E-state index in [2.05, 4.69) is 26.6 Å². The Labute approximate surface area is 225 Å². The first-order valence-electron chi connectivity index (χ1n) is 12.0. The summed E-state index contributed by atoms with van der Waals surface area (Å²) in [6.45, 7) is 3.81. The largest absolute Gasteiger partial charge is 0.496 e. The predicted molar refractivity (Wildman–Crippen MR) is 147 cm³/mol. The lowest BCUT2D eigenvalue weighted by molar-refractivity contribution is -0.135. The van der Waals surface area contributed by atoms with Gasteiger partial charge < -0.3 is 29.7 Å². The minimum absolute atomic E-state index is 0.0887. The van der Waals surface area contributed by atoms with Crippen LogP contribution in [0.5, 0.6) is 11.5 Å². The van der Waals surface area contributed by atoms with Crippen LogP contribution >= 0.6 is 15.9 Å². The van der Waals surface area contributed by atoms with Crippen LogP contribution in [-0.2, 0) is 20.9 Å². The van der Waals surface area contributed by atoms with Gasteiger partial charge in [-0.2, -0.15) is 0 Å². The molecule has 0 saturated carbocycles. The molecule has 8 nitrogen and oxygen atoms in total. The van der Waals surface area contributed by atoms with Gasteiger partial charge in [0.25, 0.3) is 5.91 Å². The number of ether oxygens (including phenoxy) is 3. The molecular weight excluding hydrogens is 538 g/mol. The van der Waals surface area contributed by atoms with E-state index in [0.717, 1.165) is 20.8 Å². The number of carbonyl (C=O) groups excluding carboxylic acids is 2. The summed E-state index contributed by atoms with van der Waals surface area (Å²) in [5, 5.41) is 7.81. The molecule has 1 aliphatic heterocycles. The van der Waals surface area contributed by atoms with Crippen LogP contribution in [0.25, 0.3) is 10.8 Å². The highest BCUT2D eigenvalue weighted by molar-refractivity contribution is 9.10. The van der Waals surface area contributed by atoms with Gasteiger partial charge in [-0.3, -0.25) is 9.59 Å². The fourth-order valence-corrected chi connectivity index (χ4v) is 5.02. The Balaban J connectivity index is 1.87. The highest BCUT2D eigenvalue weighted by atomic mass is 79.9. The van der Waals surface area contributed by atoms with Gasteiger partial charge in [0, 0.05) is 17.1 Å². The number of halogens is 1. The first-order valence-corrected chi connectivity index (χ1v) is 12.8. The Kier molecular flexibility index (Phi) is 8.06. The molecule has 196 valence electrons. The molecule has 0 saturated heterocycles. The molecule has 2 amide bonds. The third kappa shape index (κ3) is 5.30. The van der Waals surface area contributed by atoms with Crippen molar-refractivity contribution in [3.63, 3.8) is 0 Å². The third-order valence-electron chi connectivity index (χ3n) is 6.75. The summed E-state index contributed by atoms with van der Waals surface area (Å²) in [7, 11) is 4.85. The predicted octanol–water partition coefficient (Wildman–Crippen LogP) is 4.03. The zero-order valence-corrected chi connectivity index (χ0v) is 23.2. The van der Waals surface area contributed by atoms with Gasteiger partial charge in [0.05, 0.1) is 32.0 Å². The number of benzene rings is 3. The van der Waals surface area contributed by atoms with Gasteiger partial charge in [-0.25, -0.2) is 0 Å². The van der Waals surface area contributed by atoms with Crippen LogP contribution in [0.15, 0.2) is 59.1 Å². The number of nitrogens with one attached hydrogen (secondary N) is 2. The molecule has 0 fully saturated rings. The van der Waals surface area contributed by atoms with E-state index < -0.39 is 17.7 Å². The molecule has 0 aliphatic carbocycles. The van der Waals surface area contributed by atoms with E-state index in [1.165, 1.54) is 0 Å². The van der Waals surface area contributed by atoms with Crippen LogP contribution in [0, 0.1) is 0 Å². The zero-order chi connectivity index (χ0) is 26.7. The molecule has 4 rings (SSSR count). The number of hydrogen-bond donors (Lipinski definition) is 2. The van der Waals surface area contributed by atoms with Crippen molar-refractivity contribution in [3.05, 3.63) is 64.6 Å². The van der Waals surface area contributed by atoms with Crippen molar-refractivity contribution in [2.75, 3.05) is 32.8 Å². The number of rotatable bonds is 8. The summed E-state index contributed by atoms with van der Waals surface area (Å²) in [5.74, 6) is 0.563. The molecule has 0 radical (unpaired) electrons. The number of hydrogen-bond acceptors (Lipinski definition) is 6. The van der Waals surface area contributed by atoms with Gasteiger partial charge in [0.1, 0.15) is 11.5 Å². The van der Waals surface area contributed by atoms with E-state index in [1.54, 1.807) is 40.0 Å². The summed E-state index contributed by atoms with van der Waals surface area (Å²) in [6.07, 6.45) is 0. The number of nitrogens with zero attached hydrogens (tertiary/aromatic N) is 1. The van der Waals surface area contributed by atoms with Crippen molar-refractivity contribution in [3.8, 4) is 11.5 Å². The van der Waals surface area contributed by atoms with Crippen molar-refractivity contribution in [1.29, 1.82) is 0 Å². The third-order valence-corrected chi connectivity index (χ3v) is 7.25. The molecule has 3 atom stereocenters. The van der Waals surface area contributed by atoms with Gasteiger partial charge in [-0.05, 0) is 62.0 Å². The number of amides is 2. The molecule has 2 unspecified atom stereocenters. The second-order valence-electron chi connectivity index (χ2n) is 9.30. The molecule has 1 aliphatic rings. The van der Waals surface area contributed by atoms with Crippen molar-refractivity contribution in [1.82, 2.24) is 10.6 Å². The summed E-state index contributed by atoms with van der Waals surface area (Å²) in [4.78, 5) is 29.0. The second-order valence-corrected chi connectivity index (χ2v) is 10.2. The molecule has 0 spiro atoms. The standard InChI is InChI=1S/C28H32BrN3O5/c1-17(30-3)26(33)31-25-27(34)32(22-8-6-7-9-24(22)37-28(25,2)16-35-4)15-21-20-12-11-19(29)14-18(20)10-13-23(21)36-5/h6-14,17,25,30H,15-16H2,1-5H3,(H,31,33)/t17-,25?,28?/m0/s1. The van der Waals surface area contributed by atoms with Gasteiger partial charge in [0.15, 0.2) is 11.6 Å². The van der Waals surface area contributed by atoms with E-state index >= 15 is 0 Å². The first kappa shape index (κ1) is 26.9. The van der Waals surface area contributed by atoms with Gasteiger partial charge >= 0.3 is 0 Å². The summed E-state index contributed by atoms with van der Waals surface area (Å²) in [5.41, 5.74) is 0.289. The Morgan fingerprint density at radius 3 is 2.65 bits per heavy atom. The van der Waals surface area contributed by atoms with Crippen LogP contribution in [0.3, 0.4) is 0 Å². The maximum Gasteiger partial charge on any atom is 0.254 e. The summed E-state index contributed by atoms with van der Waals surface area (Å²) in [6, 6.07) is 15.7. The Morgan fingerprint density at radius 2 is 1.95 bits per heavy atom. The molecule has 3 aromatic rings. The molecule has 2 N–H and O–H groups in total. The summed E-state index contributed by atoms with van der Waals surface area (Å²) >= 11 is 3.54. The maximum atomic E-state index is 14.3. The quantitative estimate of drug-likeness (QED) is 0.425. The lowest BCUT2D eigenvalue weighted by Gasteiger charge is -2.36. The number of carbonyl (C=O) groups is 2. The van der Waals surface area contributed by atoms with Gasteiger partial charge in [-0.15, -0.1) is 0 Å². The van der Waals surface area contributed by atoms with Crippen LogP contribution in [0.2, 0.25) is 0 Å². The second kappa shape index (κ2) is 11.1. The van der Waals surface area contributed by atoms with Crippen molar-refractivity contribution < 1.29 is 23.8 Å². The molecule has 0 aromatic heterocycles. The molecule has 1 heterocycles. The number of anilines is 1. The highest BCUT2D eigenvalue weighted by Gasteiger charge is 2.48. The minimum atomic E-state index is -1.16. The van der Waals surface area contributed by atoms with Gasteiger partial charge in [0.2, 0.25) is 5.91 Å². The monoisotopic (exact) mass is 569 g/mol. The average molecular weight is 570 g/mol. The van der Waals surface area contributed by atoms with E-state index in [9.17, 15) is 9.59 Å².